The molecule has 3 aliphatic heterocycles. The van der Waals surface area contributed by atoms with E-state index in [0.717, 1.165) is 13.8 Å². The van der Waals surface area contributed by atoms with Gasteiger partial charge in [0.1, 0.15) is 67.0 Å². The van der Waals surface area contributed by atoms with E-state index in [1.807, 2.05) is 0 Å². The van der Waals surface area contributed by atoms with Gasteiger partial charge in [-0.1, -0.05) is 0 Å². The van der Waals surface area contributed by atoms with Crippen LogP contribution in [-0.4, -0.2) is 169 Å². The van der Waals surface area contributed by atoms with Crippen LogP contribution in [0.1, 0.15) is 13.8 Å². The third-order valence-electron chi connectivity index (χ3n) is 6.86. The van der Waals surface area contributed by atoms with Crippen molar-refractivity contribution < 1.29 is 84.0 Å². The number of hydrogen-bond acceptors (Lipinski definition) is 16. The molecule has 0 unspecified atom stereocenters. The van der Waals surface area contributed by atoms with Crippen molar-refractivity contribution in [3.05, 3.63) is 0 Å². The van der Waals surface area contributed by atoms with E-state index >= 15 is 0 Å². The Morgan fingerprint density at radius 1 is 0.659 bits per heavy atom. The lowest BCUT2D eigenvalue weighted by Crippen LogP contribution is -2.71. The first kappa shape index (κ1) is 33.4. The zero-order valence-electron chi connectivity index (χ0n) is 21.9. The number of rotatable bonds is 9. The summed E-state index contributed by atoms with van der Waals surface area (Å²) >= 11 is 0. The van der Waals surface area contributed by atoms with E-state index in [0.29, 0.717) is 0 Å². The molecule has 0 aromatic carbocycles. The Labute approximate surface area is 232 Å². The summed E-state index contributed by atoms with van der Waals surface area (Å²) in [5.41, 5.74) is 0. The molecular weight excluding hydrogens is 564 g/mol. The number of amides is 2. The van der Waals surface area contributed by atoms with Crippen molar-refractivity contribution in [3.8, 4) is 0 Å². The summed E-state index contributed by atoms with van der Waals surface area (Å²) < 4.78 is 27.2. The van der Waals surface area contributed by atoms with Crippen molar-refractivity contribution in [2.45, 2.75) is 106 Å². The number of carbonyl (C=O) groups is 3. The van der Waals surface area contributed by atoms with Crippen molar-refractivity contribution in [1.29, 1.82) is 0 Å². The molecule has 3 aliphatic rings. The highest BCUT2D eigenvalue weighted by Crippen LogP contribution is 2.32. The molecule has 0 saturated carbocycles. The quantitative estimate of drug-likeness (QED) is 0.117. The Hall–Kier alpha value is -2.11. The van der Waals surface area contributed by atoms with Gasteiger partial charge in [-0.05, 0) is 0 Å². The van der Waals surface area contributed by atoms with Crippen molar-refractivity contribution in [1.82, 2.24) is 10.6 Å². The summed E-state index contributed by atoms with van der Waals surface area (Å²) in [6, 6.07) is -3.05. The number of nitrogens with one attached hydrogen (secondary N) is 2. The Balaban J connectivity index is 1.97. The van der Waals surface area contributed by atoms with Gasteiger partial charge in [-0.25, -0.2) is 4.79 Å². The van der Waals surface area contributed by atoms with E-state index in [2.05, 4.69) is 10.6 Å². The number of aliphatic hydroxyl groups is 8. The lowest BCUT2D eigenvalue weighted by atomic mass is 9.94. The van der Waals surface area contributed by atoms with Crippen LogP contribution in [0.5, 0.6) is 0 Å². The molecule has 0 radical (unpaired) electrons. The molecule has 0 aliphatic carbocycles. The molecule has 19 nitrogen and oxygen atoms in total. The van der Waals surface area contributed by atoms with Gasteiger partial charge in [-0.2, -0.15) is 0 Å². The number of carboxylic acid groups (broad SMARTS) is 1. The van der Waals surface area contributed by atoms with E-state index in [1.54, 1.807) is 0 Å². The van der Waals surface area contributed by atoms with Crippen molar-refractivity contribution in [2.75, 3.05) is 13.2 Å². The number of hydrogen-bond donors (Lipinski definition) is 11. The SMILES string of the molecule is CC(=O)N[C@H]1[C@@H](O[C@H]2[C@H](O)[C@@H](CO)O[C@H](O[C@H]3[C@@H](O)[C@@H](C(=O)O)O[C@H](O)[C@@H]3O)[C@@H]2NC(C)=O)O[C@H](CO)[C@H](O)[C@@H]1O. The second kappa shape index (κ2) is 13.9. The van der Waals surface area contributed by atoms with Crippen molar-refractivity contribution >= 4 is 17.8 Å². The Bertz CT molecular complexity index is 927. The monoisotopic (exact) mass is 600 g/mol. The summed E-state index contributed by atoms with van der Waals surface area (Å²) in [7, 11) is 0. The van der Waals surface area contributed by atoms with E-state index in [-0.39, 0.29) is 0 Å². The molecule has 0 aromatic heterocycles. The zero-order chi connectivity index (χ0) is 30.8. The van der Waals surface area contributed by atoms with E-state index < -0.39 is 123 Å². The maximum Gasteiger partial charge on any atom is 0.335 e. The first-order valence-electron chi connectivity index (χ1n) is 12.6. The van der Waals surface area contributed by atoms with Crippen LogP contribution in [0.25, 0.3) is 0 Å². The van der Waals surface area contributed by atoms with Crippen LogP contribution < -0.4 is 10.6 Å². The highest BCUT2D eigenvalue weighted by molar-refractivity contribution is 5.74. The molecular formula is C22H36N2O17. The van der Waals surface area contributed by atoms with Gasteiger partial charge in [-0.3, -0.25) is 9.59 Å². The minimum absolute atomic E-state index is 0.685. The van der Waals surface area contributed by atoms with Crippen LogP contribution >= 0.6 is 0 Å². The number of carbonyl (C=O) groups excluding carboxylic acids is 2. The van der Waals surface area contributed by atoms with Gasteiger partial charge in [0.15, 0.2) is 25.0 Å². The molecule has 236 valence electrons. The highest BCUT2D eigenvalue weighted by atomic mass is 16.7. The van der Waals surface area contributed by atoms with Crippen LogP contribution in [-0.2, 0) is 38.1 Å². The summed E-state index contributed by atoms with van der Waals surface area (Å²) in [5.74, 6) is -3.14. The topological polar surface area (TPSA) is 303 Å². The Morgan fingerprint density at radius 2 is 1.15 bits per heavy atom. The highest BCUT2D eigenvalue weighted by Gasteiger charge is 2.55. The Morgan fingerprint density at radius 3 is 1.66 bits per heavy atom. The summed E-state index contributed by atoms with van der Waals surface area (Å²) in [4.78, 5) is 35.4. The van der Waals surface area contributed by atoms with Crippen LogP contribution in [0, 0.1) is 0 Å². The minimum Gasteiger partial charge on any atom is -0.479 e. The zero-order valence-corrected chi connectivity index (χ0v) is 21.9. The maximum atomic E-state index is 12.1. The van der Waals surface area contributed by atoms with Crippen LogP contribution in [0.4, 0.5) is 0 Å². The van der Waals surface area contributed by atoms with Gasteiger partial charge in [0, 0.05) is 13.8 Å². The lowest BCUT2D eigenvalue weighted by Gasteiger charge is -2.49. The fourth-order valence-corrected chi connectivity index (χ4v) is 4.84. The molecule has 3 saturated heterocycles. The number of aliphatic hydroxyl groups excluding tert-OH is 8. The molecule has 0 bridgehead atoms. The van der Waals surface area contributed by atoms with Gasteiger partial charge in [0.25, 0.3) is 0 Å². The van der Waals surface area contributed by atoms with Gasteiger partial charge in [0.2, 0.25) is 11.8 Å². The second-order valence-electron chi connectivity index (χ2n) is 9.84. The lowest BCUT2D eigenvalue weighted by molar-refractivity contribution is -0.354. The molecule has 3 fully saturated rings. The third kappa shape index (κ3) is 7.28. The van der Waals surface area contributed by atoms with Gasteiger partial charge >= 0.3 is 5.97 Å². The number of carboxylic acids is 1. The van der Waals surface area contributed by atoms with Crippen LogP contribution in [0.2, 0.25) is 0 Å². The normalized spacial score (nSPS) is 45.1. The van der Waals surface area contributed by atoms with Crippen LogP contribution in [0.15, 0.2) is 0 Å². The fourth-order valence-electron chi connectivity index (χ4n) is 4.84. The fraction of sp³-hybridized carbons (Fsp3) is 0.864. The predicted molar refractivity (Wildman–Crippen MR) is 125 cm³/mol. The van der Waals surface area contributed by atoms with Crippen molar-refractivity contribution in [3.63, 3.8) is 0 Å². The standard InChI is InChI=1S/C22H36N2O17/c1-5(27)23-9-13(31)11(29)7(3-25)37-21(9)40-16-10(24-6(2)28)22(38-8(4-26)12(16)30)41-17-14(32)18(19(34)35)39-20(36)15(17)33/h7-18,20-22,25-26,29-33,36H,3-4H2,1-2H3,(H,23,27)(H,24,28)(H,34,35)/t7-,8-,9-,10-,11+,12-,13-,14-,15-,16-,17+,18+,20+,21-,22-/m1/s1. The molecule has 15 atom stereocenters. The minimum atomic E-state index is -2.13. The summed E-state index contributed by atoms with van der Waals surface area (Å²) in [6.07, 6.45) is -23.5. The molecule has 19 heteroatoms. The molecule has 0 aromatic rings. The first-order valence-corrected chi connectivity index (χ1v) is 12.6. The average Bonchev–Trinajstić information content (AvgIpc) is 2.90. The average molecular weight is 601 g/mol. The Kier molecular flexibility index (Phi) is 11.3. The third-order valence-corrected chi connectivity index (χ3v) is 6.86. The molecule has 2 amide bonds. The molecule has 0 spiro atoms. The number of ether oxygens (including phenoxy) is 5. The van der Waals surface area contributed by atoms with Crippen LogP contribution in [0.3, 0.4) is 0 Å². The second-order valence-corrected chi connectivity index (χ2v) is 9.84. The van der Waals surface area contributed by atoms with Crippen molar-refractivity contribution in [2.24, 2.45) is 0 Å². The van der Waals surface area contributed by atoms with Gasteiger partial charge in [-0.15, -0.1) is 0 Å². The van der Waals surface area contributed by atoms with Gasteiger partial charge in [0.05, 0.1) is 13.2 Å². The summed E-state index contributed by atoms with van der Waals surface area (Å²) in [6.45, 7) is 0.467. The maximum absolute atomic E-state index is 12.1. The predicted octanol–water partition coefficient (Wildman–Crippen LogP) is -7.19. The van der Waals surface area contributed by atoms with E-state index in [4.69, 9.17) is 23.7 Å². The van der Waals surface area contributed by atoms with E-state index in [1.165, 1.54) is 0 Å². The smallest absolute Gasteiger partial charge is 0.335 e. The van der Waals surface area contributed by atoms with Gasteiger partial charge < -0.3 is 80.3 Å². The summed E-state index contributed by atoms with van der Waals surface area (Å²) in [5, 5.41) is 96.1. The van der Waals surface area contributed by atoms with E-state index in [9.17, 15) is 60.3 Å². The molecule has 11 N–H and O–H groups in total. The molecule has 3 heterocycles. The largest absolute Gasteiger partial charge is 0.479 e. The molecule has 3 rings (SSSR count). The molecule has 41 heavy (non-hydrogen) atoms. The number of aliphatic carboxylic acids is 1. The first-order chi connectivity index (χ1) is 19.2.